The summed E-state index contributed by atoms with van der Waals surface area (Å²) in [6.45, 7) is 2.51. The van der Waals surface area contributed by atoms with Crippen molar-refractivity contribution in [3.63, 3.8) is 0 Å². The predicted molar refractivity (Wildman–Crippen MR) is 109 cm³/mol. The summed E-state index contributed by atoms with van der Waals surface area (Å²) < 4.78 is 9.71. The normalized spacial score (nSPS) is 11.0. The number of carbonyl (C=O) groups excluding carboxylic acids is 3. The molecule has 0 atom stereocenters. The molecule has 8 heteroatoms. The van der Waals surface area contributed by atoms with Gasteiger partial charge in [0, 0.05) is 12.3 Å². The van der Waals surface area contributed by atoms with Crippen LogP contribution in [0.25, 0.3) is 0 Å². The van der Waals surface area contributed by atoms with Gasteiger partial charge in [-0.2, -0.15) is 0 Å². The molecule has 1 amide bonds. The van der Waals surface area contributed by atoms with Crippen LogP contribution >= 0.6 is 11.8 Å². The first-order valence-electron chi connectivity index (χ1n) is 9.34. The van der Waals surface area contributed by atoms with Crippen molar-refractivity contribution >= 4 is 28.9 Å². The second kappa shape index (κ2) is 16.6. The molecule has 156 valence electrons. The van der Waals surface area contributed by atoms with Crippen molar-refractivity contribution in [3.8, 4) is 0 Å². The third-order valence-electron chi connectivity index (χ3n) is 3.62. The van der Waals surface area contributed by atoms with Crippen LogP contribution < -0.4 is 0 Å². The van der Waals surface area contributed by atoms with Crippen LogP contribution in [0.2, 0.25) is 0 Å². The van der Waals surface area contributed by atoms with Crippen LogP contribution in [0.3, 0.4) is 0 Å². The second-order valence-electron chi connectivity index (χ2n) is 6.35. The van der Waals surface area contributed by atoms with Gasteiger partial charge in [-0.1, -0.05) is 50.1 Å². The molecule has 0 radical (unpaired) electrons. The van der Waals surface area contributed by atoms with Gasteiger partial charge in [0.05, 0.1) is 7.11 Å². The molecule has 0 rings (SSSR count). The summed E-state index contributed by atoms with van der Waals surface area (Å²) >= 11 is 1.06. The number of methoxy groups -OCH3 is 1. The fraction of sp³-hybridized carbons (Fsp3) is 0.737. The zero-order valence-electron chi connectivity index (χ0n) is 17.1. The molecule has 0 fully saturated rings. The van der Waals surface area contributed by atoms with E-state index in [-0.39, 0.29) is 24.9 Å². The number of hydrogen-bond acceptors (Lipinski definition) is 7. The van der Waals surface area contributed by atoms with Gasteiger partial charge in [-0.25, -0.2) is 0 Å². The van der Waals surface area contributed by atoms with Crippen LogP contribution in [0, 0.1) is 0 Å². The molecule has 0 unspecified atom stereocenters. The van der Waals surface area contributed by atoms with E-state index in [1.807, 2.05) is 31.1 Å². The summed E-state index contributed by atoms with van der Waals surface area (Å²) in [5.74, 6) is -0.549. The number of nitrogens with zero attached hydrogens (tertiary/aromatic N) is 2. The fourth-order valence-electron chi connectivity index (χ4n) is 2.03. The Hall–Kier alpha value is -1.54. The van der Waals surface area contributed by atoms with Crippen LogP contribution in [0.15, 0.2) is 12.2 Å². The van der Waals surface area contributed by atoms with Gasteiger partial charge < -0.3 is 19.3 Å². The third-order valence-corrected chi connectivity index (χ3v) is 4.51. The Kier molecular flexibility index (Phi) is 15.7. The van der Waals surface area contributed by atoms with E-state index in [9.17, 15) is 14.4 Å². The zero-order valence-corrected chi connectivity index (χ0v) is 17.9. The fourth-order valence-corrected chi connectivity index (χ4v) is 2.97. The maximum Gasteiger partial charge on any atom is 0.326 e. The highest BCUT2D eigenvalue weighted by molar-refractivity contribution is 8.13. The highest BCUT2D eigenvalue weighted by atomic mass is 32.2. The smallest absolute Gasteiger partial charge is 0.326 e. The lowest BCUT2D eigenvalue weighted by molar-refractivity contribution is -0.145. The van der Waals surface area contributed by atoms with E-state index in [2.05, 4.69) is 11.7 Å². The Bertz CT molecular complexity index is 469. The molecule has 7 nitrogen and oxygen atoms in total. The summed E-state index contributed by atoms with van der Waals surface area (Å²) in [6, 6.07) is 0. The maximum atomic E-state index is 12.3. The zero-order chi connectivity index (χ0) is 20.5. The number of ether oxygens (including phenoxy) is 2. The highest BCUT2D eigenvalue weighted by Gasteiger charge is 2.21. The SMILES string of the molecule is CCCCCC/C=C\COC(=O)CN(CC(=O)OC)C(=O)SCCN(C)C. The lowest BCUT2D eigenvalue weighted by Gasteiger charge is -2.20. The molecule has 0 aliphatic carbocycles. The lowest BCUT2D eigenvalue weighted by atomic mass is 10.1. The van der Waals surface area contributed by atoms with E-state index < -0.39 is 11.9 Å². The topological polar surface area (TPSA) is 76.1 Å². The summed E-state index contributed by atoms with van der Waals surface area (Å²) in [6.07, 6.45) is 9.54. The van der Waals surface area contributed by atoms with Crippen LogP contribution in [0.1, 0.15) is 39.0 Å². The summed E-state index contributed by atoms with van der Waals surface area (Å²) in [5.41, 5.74) is 0. The van der Waals surface area contributed by atoms with E-state index >= 15 is 0 Å². The minimum Gasteiger partial charge on any atom is -0.468 e. The van der Waals surface area contributed by atoms with Crippen molar-refractivity contribution in [3.05, 3.63) is 12.2 Å². The number of esters is 2. The minimum absolute atomic E-state index is 0.167. The standard InChI is InChI=1S/C19H34N2O5S/c1-5-6-7-8-9-10-11-13-26-18(23)16-21(15-17(22)25-4)19(24)27-14-12-20(2)3/h10-11H,5-9,12-16H2,1-4H3/b11-10-. The Morgan fingerprint density at radius 2 is 1.70 bits per heavy atom. The van der Waals surface area contributed by atoms with Crippen LogP contribution in [-0.4, -0.2) is 80.2 Å². The molecule has 0 saturated carbocycles. The molecule has 0 saturated heterocycles. The Balaban J connectivity index is 4.30. The average Bonchev–Trinajstić information content (AvgIpc) is 2.62. The van der Waals surface area contributed by atoms with Crippen molar-refractivity contribution < 1.29 is 23.9 Å². The van der Waals surface area contributed by atoms with E-state index in [0.717, 1.165) is 36.0 Å². The predicted octanol–water partition coefficient (Wildman–Crippen LogP) is 2.95. The molecule has 0 aliphatic heterocycles. The van der Waals surface area contributed by atoms with Gasteiger partial charge in [-0.05, 0) is 26.9 Å². The first-order chi connectivity index (χ1) is 12.9. The molecule has 0 aromatic carbocycles. The quantitative estimate of drug-likeness (QED) is 0.251. The molecular formula is C19H34N2O5S. The minimum atomic E-state index is -0.573. The van der Waals surface area contributed by atoms with Gasteiger partial charge >= 0.3 is 11.9 Å². The van der Waals surface area contributed by atoms with Crippen molar-refractivity contribution in [1.29, 1.82) is 0 Å². The van der Waals surface area contributed by atoms with Crippen LogP contribution in [0.4, 0.5) is 4.79 Å². The first-order valence-corrected chi connectivity index (χ1v) is 10.3. The summed E-state index contributed by atoms with van der Waals surface area (Å²) in [5, 5.41) is -0.342. The molecule has 0 aromatic heterocycles. The van der Waals surface area contributed by atoms with Gasteiger partial charge in [-0.15, -0.1) is 0 Å². The highest BCUT2D eigenvalue weighted by Crippen LogP contribution is 2.09. The monoisotopic (exact) mass is 402 g/mol. The largest absolute Gasteiger partial charge is 0.468 e. The molecule has 27 heavy (non-hydrogen) atoms. The molecule has 0 aliphatic rings. The van der Waals surface area contributed by atoms with E-state index in [1.54, 1.807) is 0 Å². The van der Waals surface area contributed by atoms with Gasteiger partial charge in [0.15, 0.2) is 0 Å². The van der Waals surface area contributed by atoms with E-state index in [4.69, 9.17) is 4.74 Å². The van der Waals surface area contributed by atoms with Crippen molar-refractivity contribution in [2.75, 3.05) is 53.2 Å². The summed E-state index contributed by atoms with van der Waals surface area (Å²) in [4.78, 5) is 38.8. The molecule has 0 spiro atoms. The Morgan fingerprint density at radius 1 is 1.00 bits per heavy atom. The van der Waals surface area contributed by atoms with Crippen LogP contribution in [-0.2, 0) is 19.1 Å². The van der Waals surface area contributed by atoms with Crippen molar-refractivity contribution in [2.45, 2.75) is 39.0 Å². The molecular weight excluding hydrogens is 368 g/mol. The number of hydrogen-bond donors (Lipinski definition) is 0. The number of amides is 1. The Morgan fingerprint density at radius 3 is 2.33 bits per heavy atom. The van der Waals surface area contributed by atoms with Gasteiger partial charge in [0.1, 0.15) is 19.7 Å². The number of allylic oxidation sites excluding steroid dienone is 1. The first kappa shape index (κ1) is 25.5. The molecule has 0 heterocycles. The van der Waals surface area contributed by atoms with Gasteiger partial charge in [-0.3, -0.25) is 14.4 Å². The maximum absolute atomic E-state index is 12.3. The Labute approximate surface area is 167 Å². The van der Waals surface area contributed by atoms with Crippen molar-refractivity contribution in [1.82, 2.24) is 9.80 Å². The number of unbranched alkanes of at least 4 members (excludes halogenated alkanes) is 4. The molecule has 0 aromatic rings. The van der Waals surface area contributed by atoms with Gasteiger partial charge in [0.25, 0.3) is 5.24 Å². The number of rotatable bonds is 14. The molecule has 0 bridgehead atoms. The lowest BCUT2D eigenvalue weighted by Crippen LogP contribution is -2.38. The molecule has 0 N–H and O–H groups in total. The van der Waals surface area contributed by atoms with Gasteiger partial charge in [0.2, 0.25) is 0 Å². The van der Waals surface area contributed by atoms with Crippen molar-refractivity contribution in [2.24, 2.45) is 0 Å². The average molecular weight is 403 g/mol. The summed E-state index contributed by atoms with van der Waals surface area (Å²) in [7, 11) is 5.06. The van der Waals surface area contributed by atoms with Crippen LogP contribution in [0.5, 0.6) is 0 Å². The second-order valence-corrected chi connectivity index (χ2v) is 7.40. The number of thioether (sulfide) groups is 1. The van der Waals surface area contributed by atoms with E-state index in [1.165, 1.54) is 26.4 Å². The third kappa shape index (κ3) is 15.2. The number of carbonyl (C=O) groups is 3. The van der Waals surface area contributed by atoms with E-state index in [0.29, 0.717) is 5.75 Å².